The van der Waals surface area contributed by atoms with Crippen LogP contribution in [0.4, 0.5) is 0 Å². The van der Waals surface area contributed by atoms with Gasteiger partial charge < -0.3 is 9.84 Å². The Kier molecular flexibility index (Phi) is 1.78. The van der Waals surface area contributed by atoms with E-state index in [0.29, 0.717) is 11.8 Å². The third-order valence-corrected chi connectivity index (χ3v) is 2.37. The standard InChI is InChI=1S/C7H14O2/c1-4-5(2)7(8)9-6(4)3/h4-8H,1-3H3. The molecule has 0 amide bonds. The number of hydrogen-bond acceptors (Lipinski definition) is 2. The molecule has 2 heteroatoms. The summed E-state index contributed by atoms with van der Waals surface area (Å²) in [4.78, 5) is 0. The number of aliphatic hydroxyl groups is 1. The van der Waals surface area contributed by atoms with Crippen LogP contribution in [-0.4, -0.2) is 17.5 Å². The number of ether oxygens (including phenoxy) is 1. The van der Waals surface area contributed by atoms with E-state index in [1.807, 2.05) is 13.8 Å². The molecule has 0 aromatic carbocycles. The third kappa shape index (κ3) is 1.10. The molecule has 1 N–H and O–H groups in total. The minimum atomic E-state index is -0.532. The molecule has 0 aromatic heterocycles. The Balaban J connectivity index is 2.54. The molecule has 0 radical (unpaired) electrons. The first-order valence-electron chi connectivity index (χ1n) is 3.46. The summed E-state index contributed by atoms with van der Waals surface area (Å²) < 4.78 is 5.14. The van der Waals surface area contributed by atoms with Gasteiger partial charge in [-0.05, 0) is 12.8 Å². The van der Waals surface area contributed by atoms with Crippen LogP contribution in [-0.2, 0) is 4.74 Å². The Morgan fingerprint density at radius 3 is 1.78 bits per heavy atom. The minimum absolute atomic E-state index is 0.218. The Morgan fingerprint density at radius 1 is 1.11 bits per heavy atom. The first kappa shape index (κ1) is 7.03. The number of rotatable bonds is 0. The highest BCUT2D eigenvalue weighted by Gasteiger charge is 2.34. The maximum Gasteiger partial charge on any atom is 0.157 e. The maximum atomic E-state index is 9.12. The van der Waals surface area contributed by atoms with Crippen LogP contribution in [0.3, 0.4) is 0 Å². The fraction of sp³-hybridized carbons (Fsp3) is 1.00. The molecule has 1 aliphatic heterocycles. The van der Waals surface area contributed by atoms with Gasteiger partial charge in [0.2, 0.25) is 0 Å². The number of aliphatic hydroxyl groups excluding tert-OH is 1. The zero-order valence-electron chi connectivity index (χ0n) is 6.16. The van der Waals surface area contributed by atoms with Gasteiger partial charge in [0, 0.05) is 5.92 Å². The fourth-order valence-corrected chi connectivity index (χ4v) is 1.15. The van der Waals surface area contributed by atoms with Crippen molar-refractivity contribution in [3.8, 4) is 0 Å². The second-order valence-corrected chi connectivity index (χ2v) is 2.95. The minimum Gasteiger partial charge on any atom is -0.368 e. The second kappa shape index (κ2) is 2.27. The van der Waals surface area contributed by atoms with E-state index in [9.17, 15) is 0 Å². The summed E-state index contributed by atoms with van der Waals surface area (Å²) in [7, 11) is 0. The van der Waals surface area contributed by atoms with Crippen LogP contribution in [0.2, 0.25) is 0 Å². The van der Waals surface area contributed by atoms with Gasteiger partial charge in [0.25, 0.3) is 0 Å². The quantitative estimate of drug-likeness (QED) is 0.530. The molecule has 0 aliphatic carbocycles. The van der Waals surface area contributed by atoms with Crippen molar-refractivity contribution >= 4 is 0 Å². The van der Waals surface area contributed by atoms with Crippen molar-refractivity contribution in [1.82, 2.24) is 0 Å². The van der Waals surface area contributed by atoms with E-state index in [1.54, 1.807) is 0 Å². The van der Waals surface area contributed by atoms with Crippen molar-refractivity contribution in [1.29, 1.82) is 0 Å². The number of hydrogen-bond donors (Lipinski definition) is 1. The normalized spacial score (nSPS) is 52.0. The van der Waals surface area contributed by atoms with Gasteiger partial charge in [-0.3, -0.25) is 0 Å². The molecule has 0 bridgehead atoms. The zero-order chi connectivity index (χ0) is 7.02. The lowest BCUT2D eigenvalue weighted by Gasteiger charge is -2.09. The largest absolute Gasteiger partial charge is 0.368 e. The Labute approximate surface area is 55.8 Å². The summed E-state index contributed by atoms with van der Waals surface area (Å²) in [6.07, 6.45) is -0.315. The van der Waals surface area contributed by atoms with E-state index in [1.165, 1.54) is 0 Å². The third-order valence-electron chi connectivity index (χ3n) is 2.37. The second-order valence-electron chi connectivity index (χ2n) is 2.95. The molecule has 4 atom stereocenters. The van der Waals surface area contributed by atoms with Crippen LogP contribution in [0.1, 0.15) is 20.8 Å². The van der Waals surface area contributed by atoms with Crippen LogP contribution in [0.15, 0.2) is 0 Å². The predicted molar refractivity (Wildman–Crippen MR) is 34.9 cm³/mol. The summed E-state index contributed by atoms with van der Waals surface area (Å²) >= 11 is 0. The molecule has 2 nitrogen and oxygen atoms in total. The molecule has 9 heavy (non-hydrogen) atoms. The van der Waals surface area contributed by atoms with Gasteiger partial charge in [-0.25, -0.2) is 0 Å². The fourth-order valence-electron chi connectivity index (χ4n) is 1.15. The molecular weight excluding hydrogens is 116 g/mol. The Hall–Kier alpha value is -0.0800. The van der Waals surface area contributed by atoms with Gasteiger partial charge in [-0.2, -0.15) is 0 Å². The summed E-state index contributed by atoms with van der Waals surface area (Å²) in [5.41, 5.74) is 0. The van der Waals surface area contributed by atoms with Crippen molar-refractivity contribution in [3.63, 3.8) is 0 Å². The van der Waals surface area contributed by atoms with E-state index < -0.39 is 6.29 Å². The molecule has 0 spiro atoms. The predicted octanol–water partition coefficient (Wildman–Crippen LogP) is 0.996. The summed E-state index contributed by atoms with van der Waals surface area (Å²) in [6, 6.07) is 0. The average molecular weight is 130 g/mol. The average Bonchev–Trinajstić information content (AvgIpc) is 1.98. The van der Waals surface area contributed by atoms with Gasteiger partial charge in [0.05, 0.1) is 6.10 Å². The van der Waals surface area contributed by atoms with E-state index >= 15 is 0 Å². The van der Waals surface area contributed by atoms with Crippen LogP contribution < -0.4 is 0 Å². The molecular formula is C7H14O2. The summed E-state index contributed by atoms with van der Waals surface area (Å²) in [5, 5.41) is 9.12. The molecule has 0 saturated carbocycles. The summed E-state index contributed by atoms with van der Waals surface area (Å²) in [6.45, 7) is 6.11. The van der Waals surface area contributed by atoms with Crippen LogP contribution in [0.25, 0.3) is 0 Å². The van der Waals surface area contributed by atoms with Crippen molar-refractivity contribution in [2.45, 2.75) is 33.2 Å². The topological polar surface area (TPSA) is 29.5 Å². The highest BCUT2D eigenvalue weighted by atomic mass is 16.6. The Morgan fingerprint density at radius 2 is 1.67 bits per heavy atom. The van der Waals surface area contributed by atoms with Crippen LogP contribution >= 0.6 is 0 Å². The van der Waals surface area contributed by atoms with Gasteiger partial charge >= 0.3 is 0 Å². The van der Waals surface area contributed by atoms with Crippen LogP contribution in [0.5, 0.6) is 0 Å². The molecule has 1 rings (SSSR count). The zero-order valence-corrected chi connectivity index (χ0v) is 6.16. The van der Waals surface area contributed by atoms with Crippen LogP contribution in [0, 0.1) is 11.8 Å². The van der Waals surface area contributed by atoms with Gasteiger partial charge in [-0.1, -0.05) is 13.8 Å². The van der Waals surface area contributed by atoms with Crippen molar-refractivity contribution < 1.29 is 9.84 Å². The van der Waals surface area contributed by atoms with Gasteiger partial charge in [0.1, 0.15) is 0 Å². The lowest BCUT2D eigenvalue weighted by molar-refractivity contribution is -0.101. The van der Waals surface area contributed by atoms with E-state index in [-0.39, 0.29) is 6.10 Å². The lowest BCUT2D eigenvalue weighted by atomic mass is 9.95. The maximum absolute atomic E-state index is 9.12. The van der Waals surface area contributed by atoms with E-state index in [2.05, 4.69) is 6.92 Å². The molecule has 54 valence electrons. The highest BCUT2D eigenvalue weighted by Crippen LogP contribution is 2.29. The van der Waals surface area contributed by atoms with Crippen molar-refractivity contribution in [2.75, 3.05) is 0 Å². The molecule has 1 fully saturated rings. The van der Waals surface area contributed by atoms with Gasteiger partial charge in [-0.15, -0.1) is 0 Å². The molecule has 0 aromatic rings. The van der Waals surface area contributed by atoms with E-state index in [4.69, 9.17) is 9.84 Å². The summed E-state index contributed by atoms with van der Waals surface area (Å²) in [5.74, 6) is 0.778. The molecule has 4 unspecified atom stereocenters. The van der Waals surface area contributed by atoms with E-state index in [0.717, 1.165) is 0 Å². The first-order chi connectivity index (χ1) is 4.13. The SMILES string of the molecule is CC1OC(O)C(C)C1C. The highest BCUT2D eigenvalue weighted by molar-refractivity contribution is 4.76. The molecule has 1 saturated heterocycles. The first-order valence-corrected chi connectivity index (χ1v) is 3.46. The molecule has 1 heterocycles. The van der Waals surface area contributed by atoms with Crippen molar-refractivity contribution in [3.05, 3.63) is 0 Å². The molecule has 1 aliphatic rings. The van der Waals surface area contributed by atoms with Gasteiger partial charge in [0.15, 0.2) is 6.29 Å². The van der Waals surface area contributed by atoms with Crippen molar-refractivity contribution in [2.24, 2.45) is 11.8 Å². The smallest absolute Gasteiger partial charge is 0.157 e. The monoisotopic (exact) mass is 130 g/mol. The lowest BCUT2D eigenvalue weighted by Crippen LogP contribution is -2.14. The Bertz CT molecular complexity index is 91.1.